The van der Waals surface area contributed by atoms with Crippen LogP contribution < -0.4 is 9.62 Å². The summed E-state index contributed by atoms with van der Waals surface area (Å²) in [5.74, 6) is -1.08. The van der Waals surface area contributed by atoms with Gasteiger partial charge in [-0.15, -0.1) is 0 Å². The zero-order valence-corrected chi connectivity index (χ0v) is 26.8. The Morgan fingerprint density at radius 3 is 1.98 bits per heavy atom. The zero-order chi connectivity index (χ0) is 30.5. The Balaban J connectivity index is 2.15. The normalized spacial score (nSPS) is 12.5. The molecule has 1 N–H and O–H groups in total. The van der Waals surface area contributed by atoms with Gasteiger partial charge in [0.15, 0.2) is 0 Å². The van der Waals surface area contributed by atoms with Crippen molar-refractivity contribution in [3.05, 3.63) is 92.4 Å². The SMILES string of the molecule is CC[C@H](C(=O)NC(C)(C)C)N(Cc1c(Cl)cccc1Cl)C(=O)CN(c1cccc(Cl)c1Cl)S(=O)(=O)c1ccccc1. The standard InChI is InChI=1S/C29H31Cl4N3O4S/c1-5-24(28(38)34-29(2,3)4)35(17-20-21(30)13-9-14-22(20)31)26(37)18-36(25-16-10-15-23(32)27(25)33)41(39,40)19-11-7-6-8-12-19/h6-16,24H,5,17-18H2,1-4H3,(H,34,38)/t24-/m1/s1. The highest BCUT2D eigenvalue weighted by molar-refractivity contribution is 7.92. The van der Waals surface area contributed by atoms with E-state index in [0.717, 1.165) is 4.31 Å². The smallest absolute Gasteiger partial charge is 0.264 e. The van der Waals surface area contributed by atoms with Gasteiger partial charge in [0, 0.05) is 27.7 Å². The van der Waals surface area contributed by atoms with E-state index >= 15 is 0 Å². The van der Waals surface area contributed by atoms with Crippen LogP contribution in [0.4, 0.5) is 5.69 Å². The van der Waals surface area contributed by atoms with Crippen molar-refractivity contribution in [2.45, 2.75) is 57.1 Å². The molecule has 0 unspecified atom stereocenters. The van der Waals surface area contributed by atoms with Crippen molar-refractivity contribution in [3.8, 4) is 0 Å². The lowest BCUT2D eigenvalue weighted by Crippen LogP contribution is -2.55. The predicted octanol–water partition coefficient (Wildman–Crippen LogP) is 7.22. The minimum absolute atomic E-state index is 0.0132. The molecule has 0 aliphatic rings. The minimum Gasteiger partial charge on any atom is -0.350 e. The molecule has 0 aromatic heterocycles. The molecule has 0 aliphatic carbocycles. The molecule has 0 radical (unpaired) electrons. The summed E-state index contributed by atoms with van der Waals surface area (Å²) in [5, 5.41) is 3.58. The van der Waals surface area contributed by atoms with Gasteiger partial charge in [-0.3, -0.25) is 13.9 Å². The van der Waals surface area contributed by atoms with Gasteiger partial charge in [0.2, 0.25) is 11.8 Å². The third-order valence-electron chi connectivity index (χ3n) is 6.08. The van der Waals surface area contributed by atoms with Crippen molar-refractivity contribution in [3.63, 3.8) is 0 Å². The summed E-state index contributed by atoms with van der Waals surface area (Å²) >= 11 is 25.6. The largest absolute Gasteiger partial charge is 0.350 e. The second-order valence-corrected chi connectivity index (χ2v) is 13.7. The molecule has 3 aromatic rings. The molecule has 7 nitrogen and oxygen atoms in total. The number of amides is 2. The molecular weight excluding hydrogens is 628 g/mol. The van der Waals surface area contributed by atoms with Gasteiger partial charge >= 0.3 is 0 Å². The van der Waals surface area contributed by atoms with E-state index in [1.165, 1.54) is 35.2 Å². The van der Waals surface area contributed by atoms with E-state index in [-0.39, 0.29) is 33.6 Å². The number of hydrogen-bond acceptors (Lipinski definition) is 4. The number of nitrogens with zero attached hydrogens (tertiary/aromatic N) is 2. The summed E-state index contributed by atoms with van der Waals surface area (Å²) in [5.41, 5.74) is -0.151. The Morgan fingerprint density at radius 2 is 1.41 bits per heavy atom. The second-order valence-electron chi connectivity index (χ2n) is 10.3. The van der Waals surface area contributed by atoms with Crippen LogP contribution in [-0.4, -0.2) is 43.3 Å². The quantitative estimate of drug-likeness (QED) is 0.249. The molecule has 220 valence electrons. The average Bonchev–Trinajstić information content (AvgIpc) is 2.90. The summed E-state index contributed by atoms with van der Waals surface area (Å²) in [4.78, 5) is 28.8. The summed E-state index contributed by atoms with van der Waals surface area (Å²) < 4.78 is 28.7. The Hall–Kier alpha value is -2.49. The number of carbonyl (C=O) groups is 2. The third kappa shape index (κ3) is 8.08. The first kappa shape index (κ1) is 33.0. The summed E-state index contributed by atoms with van der Waals surface area (Å²) in [6.07, 6.45) is 0.235. The van der Waals surface area contributed by atoms with Crippen LogP contribution in [0, 0.1) is 0 Å². The van der Waals surface area contributed by atoms with Crippen LogP contribution in [0.2, 0.25) is 20.1 Å². The summed E-state index contributed by atoms with van der Waals surface area (Å²) in [7, 11) is -4.30. The van der Waals surface area contributed by atoms with Crippen LogP contribution in [0.25, 0.3) is 0 Å². The second kappa shape index (κ2) is 13.7. The molecule has 0 saturated heterocycles. The molecule has 2 amide bonds. The van der Waals surface area contributed by atoms with Gasteiger partial charge in [0.1, 0.15) is 12.6 Å². The van der Waals surface area contributed by atoms with Gasteiger partial charge in [-0.1, -0.05) is 83.7 Å². The van der Waals surface area contributed by atoms with Crippen LogP contribution in [0.15, 0.2) is 71.6 Å². The van der Waals surface area contributed by atoms with Gasteiger partial charge < -0.3 is 10.2 Å². The van der Waals surface area contributed by atoms with Crippen LogP contribution in [0.5, 0.6) is 0 Å². The molecule has 3 rings (SSSR count). The van der Waals surface area contributed by atoms with E-state index in [4.69, 9.17) is 46.4 Å². The van der Waals surface area contributed by atoms with E-state index in [1.807, 2.05) is 20.8 Å². The highest BCUT2D eigenvalue weighted by Crippen LogP contribution is 2.36. The van der Waals surface area contributed by atoms with Gasteiger partial charge in [0.25, 0.3) is 10.0 Å². The first-order valence-electron chi connectivity index (χ1n) is 12.7. The Kier molecular flexibility index (Phi) is 11.0. The number of nitrogens with one attached hydrogen (secondary N) is 1. The average molecular weight is 659 g/mol. The number of sulfonamides is 1. The monoisotopic (exact) mass is 657 g/mol. The Bertz CT molecular complexity index is 1490. The lowest BCUT2D eigenvalue weighted by atomic mass is 10.1. The lowest BCUT2D eigenvalue weighted by molar-refractivity contribution is -0.141. The van der Waals surface area contributed by atoms with E-state index in [0.29, 0.717) is 15.6 Å². The first-order valence-corrected chi connectivity index (χ1v) is 15.7. The van der Waals surface area contributed by atoms with Gasteiger partial charge in [-0.2, -0.15) is 0 Å². The Labute approximate surface area is 261 Å². The van der Waals surface area contributed by atoms with Crippen molar-refractivity contribution in [1.82, 2.24) is 10.2 Å². The molecule has 0 heterocycles. The van der Waals surface area contributed by atoms with Gasteiger partial charge in [-0.25, -0.2) is 8.42 Å². The number of benzene rings is 3. The third-order valence-corrected chi connectivity index (χ3v) is 9.38. The number of carbonyl (C=O) groups excluding carboxylic acids is 2. The maximum atomic E-state index is 14.2. The van der Waals surface area contributed by atoms with Crippen molar-refractivity contribution < 1.29 is 18.0 Å². The Morgan fingerprint density at radius 1 is 0.854 bits per heavy atom. The van der Waals surface area contributed by atoms with Crippen LogP contribution in [0.1, 0.15) is 39.7 Å². The van der Waals surface area contributed by atoms with Crippen molar-refractivity contribution >= 4 is 73.9 Å². The lowest BCUT2D eigenvalue weighted by Gasteiger charge is -2.35. The van der Waals surface area contributed by atoms with E-state index in [9.17, 15) is 18.0 Å². The fourth-order valence-corrected chi connectivity index (χ4v) is 6.56. The fraction of sp³-hybridized carbons (Fsp3) is 0.310. The van der Waals surface area contributed by atoms with E-state index in [2.05, 4.69) is 5.32 Å². The van der Waals surface area contributed by atoms with E-state index in [1.54, 1.807) is 43.3 Å². The fourth-order valence-electron chi connectivity index (χ4n) is 4.14. The summed E-state index contributed by atoms with van der Waals surface area (Å²) in [6.45, 7) is 6.40. The zero-order valence-electron chi connectivity index (χ0n) is 23.0. The van der Waals surface area contributed by atoms with Crippen molar-refractivity contribution in [1.29, 1.82) is 0 Å². The molecule has 0 spiro atoms. The molecule has 12 heteroatoms. The molecular formula is C29H31Cl4N3O4S. The topological polar surface area (TPSA) is 86.8 Å². The molecule has 1 atom stereocenters. The van der Waals surface area contributed by atoms with Crippen LogP contribution in [-0.2, 0) is 26.2 Å². The van der Waals surface area contributed by atoms with Gasteiger partial charge in [-0.05, 0) is 63.6 Å². The number of anilines is 1. The summed E-state index contributed by atoms with van der Waals surface area (Å²) in [6, 6.07) is 16.1. The molecule has 0 bridgehead atoms. The number of halogens is 4. The van der Waals surface area contributed by atoms with Gasteiger partial charge in [0.05, 0.1) is 20.6 Å². The van der Waals surface area contributed by atoms with Crippen LogP contribution >= 0.6 is 46.4 Å². The molecule has 0 fully saturated rings. The van der Waals surface area contributed by atoms with Crippen molar-refractivity contribution in [2.75, 3.05) is 10.8 Å². The number of rotatable bonds is 10. The van der Waals surface area contributed by atoms with E-state index < -0.39 is 40.0 Å². The van der Waals surface area contributed by atoms with Crippen molar-refractivity contribution in [2.24, 2.45) is 0 Å². The highest BCUT2D eigenvalue weighted by Gasteiger charge is 2.36. The number of hydrogen-bond donors (Lipinski definition) is 1. The predicted molar refractivity (Wildman–Crippen MR) is 166 cm³/mol. The molecule has 0 saturated carbocycles. The minimum atomic E-state index is -4.30. The van der Waals surface area contributed by atoms with Crippen LogP contribution in [0.3, 0.4) is 0 Å². The molecule has 41 heavy (non-hydrogen) atoms. The first-order chi connectivity index (χ1) is 19.2. The maximum absolute atomic E-state index is 14.2. The highest BCUT2D eigenvalue weighted by atomic mass is 35.5. The molecule has 3 aromatic carbocycles. The maximum Gasteiger partial charge on any atom is 0.264 e. The molecule has 0 aliphatic heterocycles.